The number of nitrogens with one attached hydrogen (secondary N) is 1. The summed E-state index contributed by atoms with van der Waals surface area (Å²) in [5.74, 6) is 0.854. The molecule has 2 heteroatoms. The molecule has 4 aromatic rings. The molecule has 32 heavy (non-hydrogen) atoms. The van der Waals surface area contributed by atoms with E-state index in [1.807, 2.05) is 6.07 Å². The summed E-state index contributed by atoms with van der Waals surface area (Å²) in [6, 6.07) is 34.0. The second-order valence-corrected chi connectivity index (χ2v) is 8.92. The van der Waals surface area contributed by atoms with Gasteiger partial charge < -0.3 is 5.32 Å². The number of nitrogens with zero attached hydrogens (tertiary/aromatic N) is 1. The van der Waals surface area contributed by atoms with Gasteiger partial charge in [0.1, 0.15) is 0 Å². The summed E-state index contributed by atoms with van der Waals surface area (Å²) in [6.07, 6.45) is 0. The lowest BCUT2D eigenvalue weighted by molar-refractivity contribution is 0.814. The van der Waals surface area contributed by atoms with Crippen molar-refractivity contribution in [3.05, 3.63) is 119 Å². The first-order valence-electron chi connectivity index (χ1n) is 11.5. The van der Waals surface area contributed by atoms with Gasteiger partial charge in [0.2, 0.25) is 0 Å². The lowest BCUT2D eigenvalue weighted by atomic mass is 9.91. The second-order valence-electron chi connectivity index (χ2n) is 8.92. The van der Waals surface area contributed by atoms with Crippen molar-refractivity contribution >= 4 is 5.69 Å². The molecular formula is C30H32N2. The number of aromatic nitrogens is 1. The number of rotatable bonds is 7. The van der Waals surface area contributed by atoms with E-state index >= 15 is 0 Å². The molecule has 0 fully saturated rings. The molecule has 0 bridgehead atoms. The minimum Gasteiger partial charge on any atom is -0.372 e. The van der Waals surface area contributed by atoms with E-state index in [1.165, 1.54) is 22.4 Å². The SMILES string of the molecule is CC(C)c1cccc(C(C)C)c1NC(c1ccccc1)c1cccc(-c2ccccc2)n1. The summed E-state index contributed by atoms with van der Waals surface area (Å²) < 4.78 is 0. The maximum absolute atomic E-state index is 5.10. The van der Waals surface area contributed by atoms with Crippen LogP contribution in [0, 0.1) is 0 Å². The van der Waals surface area contributed by atoms with Gasteiger partial charge >= 0.3 is 0 Å². The quantitative estimate of drug-likeness (QED) is 0.326. The van der Waals surface area contributed by atoms with Crippen LogP contribution >= 0.6 is 0 Å². The zero-order chi connectivity index (χ0) is 22.5. The van der Waals surface area contributed by atoms with Crippen molar-refractivity contribution in [2.24, 2.45) is 0 Å². The van der Waals surface area contributed by atoms with Gasteiger partial charge in [0.05, 0.1) is 17.4 Å². The molecule has 0 aliphatic carbocycles. The Morgan fingerprint density at radius 2 is 1.16 bits per heavy atom. The summed E-state index contributed by atoms with van der Waals surface area (Å²) in [5, 5.41) is 3.93. The van der Waals surface area contributed by atoms with Gasteiger partial charge in [-0.25, -0.2) is 0 Å². The summed E-state index contributed by atoms with van der Waals surface area (Å²) in [7, 11) is 0. The van der Waals surface area contributed by atoms with Crippen molar-refractivity contribution in [1.29, 1.82) is 0 Å². The zero-order valence-electron chi connectivity index (χ0n) is 19.4. The standard InChI is InChI=1S/C30H32N2/c1-21(2)25-17-11-18-26(22(3)4)30(25)32-29(24-15-9-6-10-16-24)28-20-12-19-27(31-28)23-13-7-5-8-14-23/h5-22,29,32H,1-4H3. The smallest absolute Gasteiger partial charge is 0.0940 e. The molecule has 1 aromatic heterocycles. The molecule has 0 aliphatic rings. The Morgan fingerprint density at radius 1 is 0.594 bits per heavy atom. The molecule has 0 saturated carbocycles. The van der Waals surface area contributed by atoms with Gasteiger partial charge in [-0.15, -0.1) is 0 Å². The molecule has 0 saturated heterocycles. The maximum atomic E-state index is 5.10. The molecule has 0 amide bonds. The molecule has 2 nitrogen and oxygen atoms in total. The van der Waals surface area contributed by atoms with Crippen molar-refractivity contribution in [3.8, 4) is 11.3 Å². The predicted octanol–water partition coefficient (Wildman–Crippen LogP) is 8.20. The van der Waals surface area contributed by atoms with Crippen molar-refractivity contribution in [3.63, 3.8) is 0 Å². The average Bonchev–Trinajstić information content (AvgIpc) is 2.83. The Morgan fingerprint density at radius 3 is 1.75 bits per heavy atom. The number of pyridine rings is 1. The second kappa shape index (κ2) is 9.82. The van der Waals surface area contributed by atoms with Crippen LogP contribution in [0.25, 0.3) is 11.3 Å². The van der Waals surface area contributed by atoms with Crippen LogP contribution < -0.4 is 5.32 Å². The molecule has 1 unspecified atom stereocenters. The molecule has 0 aliphatic heterocycles. The highest BCUT2D eigenvalue weighted by atomic mass is 15.0. The zero-order valence-corrected chi connectivity index (χ0v) is 19.4. The van der Waals surface area contributed by atoms with Gasteiger partial charge in [0.15, 0.2) is 0 Å². The van der Waals surface area contributed by atoms with Crippen LogP contribution in [0.3, 0.4) is 0 Å². The summed E-state index contributed by atoms with van der Waals surface area (Å²) >= 11 is 0. The van der Waals surface area contributed by atoms with Gasteiger partial charge in [0, 0.05) is 11.3 Å². The fourth-order valence-electron chi connectivity index (χ4n) is 4.22. The molecule has 162 valence electrons. The van der Waals surface area contributed by atoms with Gasteiger partial charge in [0.25, 0.3) is 0 Å². The maximum Gasteiger partial charge on any atom is 0.0940 e. The molecule has 1 atom stereocenters. The van der Waals surface area contributed by atoms with E-state index in [1.54, 1.807) is 0 Å². The van der Waals surface area contributed by atoms with Crippen molar-refractivity contribution < 1.29 is 0 Å². The summed E-state index contributed by atoms with van der Waals surface area (Å²) in [4.78, 5) is 5.10. The monoisotopic (exact) mass is 420 g/mol. The molecule has 1 heterocycles. The lowest BCUT2D eigenvalue weighted by Gasteiger charge is -2.27. The Bertz CT molecular complexity index is 1120. The number of hydrogen-bond acceptors (Lipinski definition) is 2. The van der Waals surface area contributed by atoms with Gasteiger partial charge in [-0.05, 0) is 40.7 Å². The first kappa shape index (κ1) is 21.8. The van der Waals surface area contributed by atoms with E-state index in [-0.39, 0.29) is 6.04 Å². The van der Waals surface area contributed by atoms with E-state index in [0.717, 1.165) is 17.0 Å². The predicted molar refractivity (Wildman–Crippen MR) is 136 cm³/mol. The van der Waals surface area contributed by atoms with Crippen LogP contribution in [-0.2, 0) is 0 Å². The largest absolute Gasteiger partial charge is 0.372 e. The summed E-state index contributed by atoms with van der Waals surface area (Å²) in [6.45, 7) is 9.04. The first-order valence-corrected chi connectivity index (χ1v) is 11.5. The topological polar surface area (TPSA) is 24.9 Å². The van der Waals surface area contributed by atoms with Crippen LogP contribution in [0.5, 0.6) is 0 Å². The van der Waals surface area contributed by atoms with Crippen LogP contribution in [-0.4, -0.2) is 4.98 Å². The highest BCUT2D eigenvalue weighted by molar-refractivity contribution is 5.63. The van der Waals surface area contributed by atoms with E-state index in [0.29, 0.717) is 11.8 Å². The minimum absolute atomic E-state index is 0.0442. The van der Waals surface area contributed by atoms with Gasteiger partial charge in [-0.1, -0.05) is 113 Å². The third-order valence-electron chi connectivity index (χ3n) is 5.93. The molecule has 1 N–H and O–H groups in total. The van der Waals surface area contributed by atoms with Crippen LogP contribution in [0.15, 0.2) is 97.1 Å². The van der Waals surface area contributed by atoms with Gasteiger partial charge in [-0.2, -0.15) is 0 Å². The van der Waals surface area contributed by atoms with E-state index in [2.05, 4.69) is 124 Å². The molecule has 4 rings (SSSR count). The molecule has 0 spiro atoms. The minimum atomic E-state index is -0.0442. The van der Waals surface area contributed by atoms with Crippen LogP contribution in [0.1, 0.15) is 68.0 Å². The first-order chi connectivity index (χ1) is 15.5. The summed E-state index contributed by atoms with van der Waals surface area (Å²) in [5.41, 5.74) is 8.27. The number of anilines is 1. The Hall–Kier alpha value is -3.39. The third kappa shape index (κ3) is 4.75. The fourth-order valence-corrected chi connectivity index (χ4v) is 4.22. The van der Waals surface area contributed by atoms with Gasteiger partial charge in [-0.3, -0.25) is 4.98 Å². The van der Waals surface area contributed by atoms with Crippen molar-refractivity contribution in [1.82, 2.24) is 4.98 Å². The average molecular weight is 421 g/mol. The fraction of sp³-hybridized carbons (Fsp3) is 0.233. The van der Waals surface area contributed by atoms with E-state index in [9.17, 15) is 0 Å². The van der Waals surface area contributed by atoms with E-state index < -0.39 is 0 Å². The Balaban J connectivity index is 1.83. The van der Waals surface area contributed by atoms with Crippen molar-refractivity contribution in [2.75, 3.05) is 5.32 Å². The van der Waals surface area contributed by atoms with Crippen molar-refractivity contribution in [2.45, 2.75) is 45.6 Å². The van der Waals surface area contributed by atoms with Crippen LogP contribution in [0.2, 0.25) is 0 Å². The normalized spacial score (nSPS) is 12.2. The Kier molecular flexibility index (Phi) is 6.70. The Labute approximate surface area is 192 Å². The number of hydrogen-bond donors (Lipinski definition) is 1. The third-order valence-corrected chi connectivity index (χ3v) is 5.93. The highest BCUT2D eigenvalue weighted by Crippen LogP contribution is 2.36. The lowest BCUT2D eigenvalue weighted by Crippen LogP contribution is -2.17. The molecule has 0 radical (unpaired) electrons. The molecule has 3 aromatic carbocycles. The molecular weight excluding hydrogens is 388 g/mol. The van der Waals surface area contributed by atoms with E-state index in [4.69, 9.17) is 4.98 Å². The van der Waals surface area contributed by atoms with Crippen LogP contribution in [0.4, 0.5) is 5.69 Å². The number of benzene rings is 3. The highest BCUT2D eigenvalue weighted by Gasteiger charge is 2.21. The number of para-hydroxylation sites is 1.